The molecule has 1 atom stereocenters. The van der Waals surface area contributed by atoms with Gasteiger partial charge in [-0.3, -0.25) is 9.78 Å². The SMILES string of the molecule is Cc1onc(-c2ccccc2Cl)c1C(=O)C(C#N)c1ccccn1. The molecular formula is C18H12ClN3O2. The Hall–Kier alpha value is -2.97. The van der Waals surface area contributed by atoms with E-state index in [9.17, 15) is 10.1 Å². The minimum absolute atomic E-state index is 0.250. The number of carbonyl (C=O) groups excluding carboxylic acids is 1. The maximum absolute atomic E-state index is 13.0. The first-order valence-corrected chi connectivity index (χ1v) is 7.57. The van der Waals surface area contributed by atoms with Crippen LogP contribution in [0.1, 0.15) is 27.7 Å². The van der Waals surface area contributed by atoms with E-state index in [0.29, 0.717) is 27.7 Å². The third-order valence-electron chi connectivity index (χ3n) is 3.61. The van der Waals surface area contributed by atoms with Gasteiger partial charge < -0.3 is 4.52 Å². The van der Waals surface area contributed by atoms with Crippen LogP contribution in [0.3, 0.4) is 0 Å². The number of carbonyl (C=O) groups is 1. The van der Waals surface area contributed by atoms with Crippen molar-refractivity contribution in [2.75, 3.05) is 0 Å². The van der Waals surface area contributed by atoms with Crippen LogP contribution in [0.2, 0.25) is 5.02 Å². The summed E-state index contributed by atoms with van der Waals surface area (Å²) in [6.45, 7) is 1.63. The molecule has 0 saturated carbocycles. The van der Waals surface area contributed by atoms with Crippen molar-refractivity contribution < 1.29 is 9.32 Å². The van der Waals surface area contributed by atoms with Crippen molar-refractivity contribution >= 4 is 17.4 Å². The van der Waals surface area contributed by atoms with Crippen LogP contribution in [0.25, 0.3) is 11.3 Å². The number of ketones is 1. The van der Waals surface area contributed by atoms with Crippen molar-refractivity contribution in [2.24, 2.45) is 0 Å². The number of rotatable bonds is 4. The molecule has 0 spiro atoms. The van der Waals surface area contributed by atoms with Gasteiger partial charge in [-0.15, -0.1) is 0 Å². The fourth-order valence-corrected chi connectivity index (χ4v) is 2.67. The number of halogens is 1. The molecule has 5 nitrogen and oxygen atoms in total. The van der Waals surface area contributed by atoms with E-state index in [1.165, 1.54) is 0 Å². The maximum Gasteiger partial charge on any atom is 0.191 e. The number of nitrogens with zero attached hydrogens (tertiary/aromatic N) is 3. The summed E-state index contributed by atoms with van der Waals surface area (Å²) in [6, 6.07) is 14.1. The monoisotopic (exact) mass is 337 g/mol. The Morgan fingerprint density at radius 1 is 1.25 bits per heavy atom. The molecule has 0 radical (unpaired) electrons. The molecule has 0 fully saturated rings. The maximum atomic E-state index is 13.0. The Balaban J connectivity index is 2.10. The van der Waals surface area contributed by atoms with Crippen LogP contribution in [-0.2, 0) is 0 Å². The molecule has 1 unspecified atom stereocenters. The Morgan fingerprint density at radius 2 is 2.00 bits per heavy atom. The van der Waals surface area contributed by atoms with E-state index >= 15 is 0 Å². The summed E-state index contributed by atoms with van der Waals surface area (Å²) in [7, 11) is 0. The van der Waals surface area contributed by atoms with Crippen molar-refractivity contribution in [1.82, 2.24) is 10.1 Å². The fourth-order valence-electron chi connectivity index (χ4n) is 2.45. The summed E-state index contributed by atoms with van der Waals surface area (Å²) >= 11 is 6.20. The summed E-state index contributed by atoms with van der Waals surface area (Å²) in [5.41, 5.74) is 1.55. The van der Waals surface area contributed by atoms with E-state index in [0.717, 1.165) is 0 Å². The van der Waals surface area contributed by atoms with Gasteiger partial charge in [0.2, 0.25) is 0 Å². The highest BCUT2D eigenvalue weighted by molar-refractivity contribution is 6.33. The molecule has 3 rings (SSSR count). The number of aryl methyl sites for hydroxylation is 1. The highest BCUT2D eigenvalue weighted by Crippen LogP contribution is 2.33. The first-order chi connectivity index (χ1) is 11.6. The normalized spacial score (nSPS) is 11.7. The van der Waals surface area contributed by atoms with E-state index in [1.54, 1.807) is 55.6 Å². The third kappa shape index (κ3) is 2.80. The van der Waals surface area contributed by atoms with Crippen LogP contribution in [0.5, 0.6) is 0 Å². The molecule has 6 heteroatoms. The van der Waals surface area contributed by atoms with Gasteiger partial charge in [0.1, 0.15) is 11.5 Å². The summed E-state index contributed by atoms with van der Waals surface area (Å²) in [6.07, 6.45) is 1.54. The molecule has 0 aliphatic heterocycles. The van der Waals surface area contributed by atoms with Crippen LogP contribution in [0.4, 0.5) is 0 Å². The Morgan fingerprint density at radius 3 is 2.67 bits per heavy atom. The van der Waals surface area contributed by atoms with Crippen LogP contribution in [0.15, 0.2) is 53.2 Å². The van der Waals surface area contributed by atoms with Crippen molar-refractivity contribution in [3.8, 4) is 17.3 Å². The lowest BCUT2D eigenvalue weighted by atomic mass is 9.92. The van der Waals surface area contributed by atoms with Gasteiger partial charge >= 0.3 is 0 Å². The van der Waals surface area contributed by atoms with E-state index in [4.69, 9.17) is 16.1 Å². The zero-order chi connectivity index (χ0) is 17.1. The molecule has 0 amide bonds. The number of nitriles is 1. The summed E-state index contributed by atoms with van der Waals surface area (Å²) in [5, 5.41) is 13.9. The highest BCUT2D eigenvalue weighted by Gasteiger charge is 2.30. The summed E-state index contributed by atoms with van der Waals surface area (Å²) in [4.78, 5) is 17.1. The zero-order valence-corrected chi connectivity index (χ0v) is 13.5. The molecule has 0 N–H and O–H groups in total. The number of Topliss-reactive ketones (excluding diaryl/α,β-unsaturated/α-hetero) is 1. The molecule has 118 valence electrons. The van der Waals surface area contributed by atoms with Crippen molar-refractivity contribution in [2.45, 2.75) is 12.8 Å². The lowest BCUT2D eigenvalue weighted by Crippen LogP contribution is -2.14. The number of pyridine rings is 1. The van der Waals surface area contributed by atoms with Crippen molar-refractivity contribution in [1.29, 1.82) is 5.26 Å². The standard InChI is InChI=1S/C18H12ClN3O2/c1-11-16(17(22-24-11)12-6-2-3-7-14(12)19)18(23)13(10-20)15-8-4-5-9-21-15/h2-9,13H,1H3. The predicted molar refractivity (Wildman–Crippen MR) is 88.6 cm³/mol. The van der Waals surface area contributed by atoms with Crippen molar-refractivity contribution in [3.63, 3.8) is 0 Å². The van der Waals surface area contributed by atoms with Crippen molar-refractivity contribution in [3.05, 3.63) is 70.7 Å². The molecule has 24 heavy (non-hydrogen) atoms. The van der Waals surface area contributed by atoms with E-state index in [2.05, 4.69) is 10.1 Å². The molecule has 2 heterocycles. The number of hydrogen-bond donors (Lipinski definition) is 0. The lowest BCUT2D eigenvalue weighted by Gasteiger charge is -2.08. The largest absolute Gasteiger partial charge is 0.360 e. The minimum atomic E-state index is -1.04. The first kappa shape index (κ1) is 15.9. The molecule has 0 bridgehead atoms. The van der Waals surface area contributed by atoms with E-state index < -0.39 is 11.7 Å². The van der Waals surface area contributed by atoms with Crippen LogP contribution in [0, 0.1) is 18.3 Å². The predicted octanol–water partition coefficient (Wildman–Crippen LogP) is 4.19. The quantitative estimate of drug-likeness (QED) is 0.667. The topological polar surface area (TPSA) is 79.8 Å². The molecule has 0 aliphatic rings. The van der Waals surface area contributed by atoms with Gasteiger partial charge in [-0.2, -0.15) is 5.26 Å². The van der Waals surface area contributed by atoms with Gasteiger partial charge in [0.25, 0.3) is 0 Å². The Bertz CT molecular complexity index is 929. The van der Waals surface area contributed by atoms with Crippen LogP contribution < -0.4 is 0 Å². The molecule has 0 saturated heterocycles. The highest BCUT2D eigenvalue weighted by atomic mass is 35.5. The first-order valence-electron chi connectivity index (χ1n) is 7.19. The minimum Gasteiger partial charge on any atom is -0.360 e. The number of benzene rings is 1. The third-order valence-corrected chi connectivity index (χ3v) is 3.94. The number of aromatic nitrogens is 2. The number of hydrogen-bond acceptors (Lipinski definition) is 5. The average Bonchev–Trinajstić information content (AvgIpc) is 2.98. The smallest absolute Gasteiger partial charge is 0.191 e. The molecule has 1 aromatic carbocycles. The van der Waals surface area contributed by atoms with Gasteiger partial charge in [0.05, 0.1) is 22.3 Å². The van der Waals surface area contributed by atoms with E-state index in [-0.39, 0.29) is 5.56 Å². The van der Waals surface area contributed by atoms with E-state index in [1.807, 2.05) is 6.07 Å². The van der Waals surface area contributed by atoms with Crippen LogP contribution in [-0.4, -0.2) is 15.9 Å². The van der Waals surface area contributed by atoms with Gasteiger partial charge in [0, 0.05) is 11.8 Å². The Kier molecular flexibility index (Phi) is 4.41. The molecule has 3 aromatic rings. The van der Waals surface area contributed by atoms with Gasteiger partial charge in [0.15, 0.2) is 11.7 Å². The van der Waals surface area contributed by atoms with Gasteiger partial charge in [-0.05, 0) is 25.1 Å². The fraction of sp³-hybridized carbons (Fsp3) is 0.111. The molecule has 0 aliphatic carbocycles. The van der Waals surface area contributed by atoms with Gasteiger partial charge in [-0.25, -0.2) is 0 Å². The lowest BCUT2D eigenvalue weighted by molar-refractivity contribution is 0.0976. The van der Waals surface area contributed by atoms with Crippen LogP contribution >= 0.6 is 11.6 Å². The van der Waals surface area contributed by atoms with Gasteiger partial charge in [-0.1, -0.05) is 41.0 Å². The molecule has 2 aromatic heterocycles. The zero-order valence-electron chi connectivity index (χ0n) is 12.7. The second kappa shape index (κ2) is 6.65. The second-order valence-corrected chi connectivity index (χ2v) is 5.53. The average molecular weight is 338 g/mol. The summed E-state index contributed by atoms with van der Waals surface area (Å²) < 4.78 is 5.20. The second-order valence-electron chi connectivity index (χ2n) is 5.12. The Labute approximate surface area is 143 Å². The summed E-state index contributed by atoms with van der Waals surface area (Å²) in [5.74, 6) is -1.11. The molecular weight excluding hydrogens is 326 g/mol.